The van der Waals surface area contributed by atoms with Crippen LogP contribution >= 0.6 is 11.6 Å². The second-order valence-corrected chi connectivity index (χ2v) is 10.4. The Balaban J connectivity index is 1.38. The molecule has 1 heterocycles. The summed E-state index contributed by atoms with van der Waals surface area (Å²) in [6.07, 6.45) is 5.86. The molecule has 1 aromatic rings. The average molecular weight is 446 g/mol. The molecule has 1 amide bonds. The lowest BCUT2D eigenvalue weighted by Crippen LogP contribution is -2.50. The Labute approximate surface area is 191 Å². The summed E-state index contributed by atoms with van der Waals surface area (Å²) in [7, 11) is 1.65. The molecule has 6 heteroatoms. The number of rotatable bonds is 9. The highest BCUT2D eigenvalue weighted by Crippen LogP contribution is 2.59. The van der Waals surface area contributed by atoms with Gasteiger partial charge in [0.25, 0.3) is 0 Å². The summed E-state index contributed by atoms with van der Waals surface area (Å²) in [5.41, 5.74) is 3.20. The number of allylic oxidation sites excluding steroid dienone is 1. The number of fused-ring (bicyclic) bond motifs is 1. The number of carbonyl (C=O) groups is 1. The van der Waals surface area contributed by atoms with E-state index in [9.17, 15) is 4.79 Å². The van der Waals surface area contributed by atoms with Gasteiger partial charge in [-0.15, -0.1) is 0 Å². The fraction of sp³-hybridized carbons (Fsp3) is 0.640. The lowest BCUT2D eigenvalue weighted by molar-refractivity contribution is -0.125. The molecule has 1 saturated heterocycles. The molecule has 0 spiro atoms. The maximum Gasteiger partial charge on any atom is 0.237 e. The topological polar surface area (TPSA) is 53.6 Å². The number of halogens is 1. The molecule has 0 aromatic heterocycles. The van der Waals surface area contributed by atoms with Crippen LogP contribution < -0.4 is 10.6 Å². The molecule has 1 aliphatic heterocycles. The van der Waals surface area contributed by atoms with E-state index >= 15 is 0 Å². The zero-order valence-electron chi connectivity index (χ0n) is 19.0. The van der Waals surface area contributed by atoms with Crippen molar-refractivity contribution in [2.24, 2.45) is 17.3 Å². The molecule has 31 heavy (non-hydrogen) atoms. The number of amides is 1. The van der Waals surface area contributed by atoms with Crippen molar-refractivity contribution in [3.05, 3.63) is 46.5 Å². The summed E-state index contributed by atoms with van der Waals surface area (Å²) < 4.78 is 5.09. The fourth-order valence-electron chi connectivity index (χ4n) is 5.66. The molecule has 2 bridgehead atoms. The van der Waals surface area contributed by atoms with Crippen molar-refractivity contribution in [1.29, 1.82) is 0 Å². The molecule has 1 saturated carbocycles. The maximum atomic E-state index is 12.9. The predicted octanol–water partition coefficient (Wildman–Crippen LogP) is 3.63. The van der Waals surface area contributed by atoms with Crippen molar-refractivity contribution >= 4 is 17.5 Å². The Hall–Kier alpha value is -1.40. The van der Waals surface area contributed by atoms with E-state index in [0.717, 1.165) is 42.9 Å². The van der Waals surface area contributed by atoms with Crippen LogP contribution in [0, 0.1) is 17.3 Å². The molecule has 5 nitrogen and oxygen atoms in total. The van der Waals surface area contributed by atoms with E-state index in [2.05, 4.69) is 35.5 Å². The van der Waals surface area contributed by atoms with Crippen molar-refractivity contribution < 1.29 is 9.53 Å². The van der Waals surface area contributed by atoms with Crippen LogP contribution in [0.2, 0.25) is 5.02 Å². The molecular formula is C25H36ClN3O2. The first-order chi connectivity index (χ1) is 14.9. The zero-order chi connectivity index (χ0) is 22.0. The Morgan fingerprint density at radius 3 is 2.71 bits per heavy atom. The highest BCUT2D eigenvalue weighted by Gasteiger charge is 2.51. The Morgan fingerprint density at radius 1 is 1.26 bits per heavy atom. The average Bonchev–Trinajstić information content (AvgIpc) is 3.16. The van der Waals surface area contributed by atoms with E-state index in [4.69, 9.17) is 16.3 Å². The van der Waals surface area contributed by atoms with Crippen LogP contribution in [0.3, 0.4) is 0 Å². The number of carbonyl (C=O) groups excluding carboxylic acids is 1. The molecule has 170 valence electrons. The van der Waals surface area contributed by atoms with Gasteiger partial charge in [0.05, 0.1) is 12.6 Å². The number of hydrogen-bond donors (Lipinski definition) is 2. The van der Waals surface area contributed by atoms with Crippen LogP contribution in [0.5, 0.6) is 0 Å². The van der Waals surface area contributed by atoms with E-state index in [1.165, 1.54) is 18.4 Å². The van der Waals surface area contributed by atoms with E-state index in [-0.39, 0.29) is 11.9 Å². The number of benzene rings is 1. The van der Waals surface area contributed by atoms with E-state index in [1.807, 2.05) is 24.3 Å². The SMILES string of the molecule is COCCNC(=O)[C@@H]1C[C@@H](NCC2=CC[C@H]3C[C@@H]2C3(C)C)CN1Cc1ccc(Cl)cc1. The number of ether oxygens (including phenoxy) is 1. The van der Waals surface area contributed by atoms with Crippen LogP contribution in [0.25, 0.3) is 0 Å². The molecule has 3 aliphatic carbocycles. The molecule has 1 aromatic carbocycles. The van der Waals surface area contributed by atoms with Crippen molar-refractivity contribution in [3.63, 3.8) is 0 Å². The third-order valence-corrected chi connectivity index (χ3v) is 8.04. The van der Waals surface area contributed by atoms with Gasteiger partial charge in [-0.25, -0.2) is 0 Å². The molecular weight excluding hydrogens is 410 g/mol. The minimum Gasteiger partial charge on any atom is -0.383 e. The van der Waals surface area contributed by atoms with Gasteiger partial charge in [0.15, 0.2) is 0 Å². The van der Waals surface area contributed by atoms with Gasteiger partial charge in [-0.3, -0.25) is 9.69 Å². The number of likely N-dealkylation sites (tertiary alicyclic amines) is 1. The van der Waals surface area contributed by atoms with Crippen LogP contribution in [-0.4, -0.2) is 56.2 Å². The minimum atomic E-state index is -0.130. The van der Waals surface area contributed by atoms with Gasteiger partial charge < -0.3 is 15.4 Å². The number of nitrogens with zero attached hydrogens (tertiary/aromatic N) is 1. The first kappa shape index (κ1) is 22.8. The lowest BCUT2D eigenvalue weighted by Gasteiger charge is -2.56. The zero-order valence-corrected chi connectivity index (χ0v) is 19.8. The second-order valence-electron chi connectivity index (χ2n) is 9.99. The largest absolute Gasteiger partial charge is 0.383 e. The summed E-state index contributed by atoms with van der Waals surface area (Å²) in [6.45, 7) is 8.48. The quantitative estimate of drug-likeness (QED) is 0.450. The highest BCUT2D eigenvalue weighted by atomic mass is 35.5. The van der Waals surface area contributed by atoms with Crippen LogP contribution in [0.15, 0.2) is 35.9 Å². The van der Waals surface area contributed by atoms with Crippen LogP contribution in [0.4, 0.5) is 0 Å². The lowest BCUT2D eigenvalue weighted by atomic mass is 9.49. The van der Waals surface area contributed by atoms with Crippen molar-refractivity contribution in [3.8, 4) is 0 Å². The van der Waals surface area contributed by atoms with Gasteiger partial charge in [0, 0.05) is 44.4 Å². The van der Waals surface area contributed by atoms with Crippen molar-refractivity contribution in [2.45, 2.75) is 51.7 Å². The van der Waals surface area contributed by atoms with Gasteiger partial charge >= 0.3 is 0 Å². The van der Waals surface area contributed by atoms with Gasteiger partial charge in [0.2, 0.25) is 5.91 Å². The summed E-state index contributed by atoms with van der Waals surface area (Å²) in [5.74, 6) is 1.68. The Morgan fingerprint density at radius 2 is 2.03 bits per heavy atom. The standard InChI is InChI=1S/C25H36ClN3O2/c1-25(2)19-7-6-18(22(25)12-19)14-28-21-13-23(24(30)27-10-11-31-3)29(16-21)15-17-4-8-20(26)9-5-17/h4-6,8-9,19,21-23,28H,7,10-16H2,1-3H3,(H,27,30)/t19-,21+,22-,23-/m0/s1. The highest BCUT2D eigenvalue weighted by molar-refractivity contribution is 6.30. The minimum absolute atomic E-state index is 0.0927. The Kier molecular flexibility index (Phi) is 7.07. The molecule has 4 aliphatic rings. The maximum absolute atomic E-state index is 12.9. The van der Waals surface area contributed by atoms with Crippen molar-refractivity contribution in [1.82, 2.24) is 15.5 Å². The third-order valence-electron chi connectivity index (χ3n) is 7.79. The first-order valence-electron chi connectivity index (χ1n) is 11.6. The number of hydrogen-bond acceptors (Lipinski definition) is 4. The molecule has 0 unspecified atom stereocenters. The second kappa shape index (κ2) is 9.62. The summed E-state index contributed by atoms with van der Waals surface area (Å²) in [4.78, 5) is 15.2. The van der Waals surface area contributed by atoms with E-state index < -0.39 is 0 Å². The molecule has 0 radical (unpaired) electrons. The number of nitrogens with one attached hydrogen (secondary N) is 2. The predicted molar refractivity (Wildman–Crippen MR) is 125 cm³/mol. The molecule has 2 N–H and O–H groups in total. The van der Waals surface area contributed by atoms with Gasteiger partial charge in [-0.1, -0.05) is 49.2 Å². The van der Waals surface area contributed by atoms with Crippen molar-refractivity contribution in [2.75, 3.05) is 33.4 Å². The van der Waals surface area contributed by atoms with E-state index in [0.29, 0.717) is 24.6 Å². The van der Waals surface area contributed by atoms with Crippen LogP contribution in [-0.2, 0) is 16.1 Å². The molecule has 5 rings (SSSR count). The fourth-order valence-corrected chi connectivity index (χ4v) is 5.78. The smallest absolute Gasteiger partial charge is 0.237 e. The van der Waals surface area contributed by atoms with Gasteiger partial charge in [0.1, 0.15) is 0 Å². The van der Waals surface area contributed by atoms with Gasteiger partial charge in [-0.2, -0.15) is 0 Å². The normalized spacial score (nSPS) is 29.4. The third kappa shape index (κ3) is 5.00. The first-order valence-corrected chi connectivity index (χ1v) is 11.9. The summed E-state index contributed by atoms with van der Waals surface area (Å²) >= 11 is 6.05. The molecule has 2 fully saturated rings. The summed E-state index contributed by atoms with van der Waals surface area (Å²) in [5, 5.41) is 7.56. The number of methoxy groups -OCH3 is 1. The van der Waals surface area contributed by atoms with Crippen LogP contribution in [0.1, 0.15) is 38.7 Å². The monoisotopic (exact) mass is 445 g/mol. The summed E-state index contributed by atoms with van der Waals surface area (Å²) in [6, 6.07) is 8.11. The molecule has 4 atom stereocenters. The Bertz CT molecular complexity index is 807. The van der Waals surface area contributed by atoms with Gasteiger partial charge in [-0.05, 0) is 54.2 Å². The van der Waals surface area contributed by atoms with E-state index in [1.54, 1.807) is 12.7 Å².